The molecule has 2 amide bonds. The molecule has 1 aliphatic heterocycles. The lowest BCUT2D eigenvalue weighted by atomic mass is 9.47. The molecule has 3 aliphatic carbocycles. The Morgan fingerprint density at radius 2 is 1.74 bits per heavy atom. The molecule has 4 nitrogen and oxygen atoms in total. The Labute approximate surface area is 187 Å². The van der Waals surface area contributed by atoms with Crippen molar-refractivity contribution in [2.75, 3.05) is 7.05 Å². The topological polar surface area (TPSA) is 49.4 Å². The summed E-state index contributed by atoms with van der Waals surface area (Å²) in [5, 5.41) is 3.46. The van der Waals surface area contributed by atoms with E-state index in [9.17, 15) is 9.59 Å². The van der Waals surface area contributed by atoms with Gasteiger partial charge < -0.3 is 10.2 Å². The van der Waals surface area contributed by atoms with Gasteiger partial charge in [0.25, 0.3) is 5.91 Å². The fourth-order valence-corrected chi connectivity index (χ4v) is 8.45. The number of hydrogen-bond donors (Lipinski definition) is 1. The molecule has 1 saturated heterocycles. The van der Waals surface area contributed by atoms with Crippen molar-refractivity contribution >= 4 is 11.8 Å². The second-order valence-electron chi connectivity index (χ2n) is 11.4. The number of amides is 2. The summed E-state index contributed by atoms with van der Waals surface area (Å²) >= 11 is 0. The number of rotatable bonds is 2. The molecule has 4 aliphatic rings. The molecular formula is C27H38N2O2. The Bertz CT molecular complexity index is 897. The fraction of sp³-hybridized carbons (Fsp3) is 0.704. The van der Waals surface area contributed by atoms with E-state index in [1.165, 1.54) is 25.7 Å². The van der Waals surface area contributed by atoms with Crippen LogP contribution in [0.1, 0.15) is 81.1 Å². The Hall–Kier alpha value is -1.84. The van der Waals surface area contributed by atoms with E-state index in [1.54, 1.807) is 0 Å². The Balaban J connectivity index is 1.36. The maximum atomic E-state index is 13.1. The van der Waals surface area contributed by atoms with Crippen LogP contribution in [0.5, 0.6) is 0 Å². The number of carbonyl (C=O) groups is 2. The summed E-state index contributed by atoms with van der Waals surface area (Å²) in [6, 6.07) is 8.60. The minimum atomic E-state index is 0.0928. The lowest BCUT2D eigenvalue weighted by Gasteiger charge is -2.61. The summed E-state index contributed by atoms with van der Waals surface area (Å²) < 4.78 is 0. The van der Waals surface area contributed by atoms with E-state index in [2.05, 4.69) is 24.1 Å². The van der Waals surface area contributed by atoms with Crippen LogP contribution in [-0.4, -0.2) is 35.8 Å². The number of carbonyl (C=O) groups excluding carboxylic acids is 2. The van der Waals surface area contributed by atoms with Gasteiger partial charge in [0.05, 0.1) is 0 Å². The molecule has 0 aromatic heterocycles. The first-order chi connectivity index (χ1) is 14.8. The second-order valence-corrected chi connectivity index (χ2v) is 11.4. The lowest BCUT2D eigenvalue weighted by Crippen LogP contribution is -2.62. The smallest absolute Gasteiger partial charge is 0.251 e. The standard InChI is InChI=1S/C27H38N2O2/c1-17-7-5-6-8-18(17)25(31)28-22-11-10-20-19-9-12-23-27(3,16-14-24(30)29(23)4)21(19)13-15-26(20,22)2/h5-8,19-23H,9-16H2,1-4H3,(H,28,31)/t19-,20-,21+,22?,23?,26-,27+/m0/s1. The maximum Gasteiger partial charge on any atom is 0.251 e. The van der Waals surface area contributed by atoms with E-state index in [4.69, 9.17) is 0 Å². The molecule has 2 unspecified atom stereocenters. The van der Waals surface area contributed by atoms with Crippen molar-refractivity contribution in [3.63, 3.8) is 0 Å². The summed E-state index contributed by atoms with van der Waals surface area (Å²) in [5.41, 5.74) is 2.31. The highest BCUT2D eigenvalue weighted by Gasteiger charge is 2.61. The van der Waals surface area contributed by atoms with E-state index in [-0.39, 0.29) is 22.8 Å². The number of benzene rings is 1. The van der Waals surface area contributed by atoms with Crippen molar-refractivity contribution < 1.29 is 9.59 Å². The molecule has 31 heavy (non-hydrogen) atoms. The highest BCUT2D eigenvalue weighted by molar-refractivity contribution is 5.95. The van der Waals surface area contributed by atoms with Gasteiger partial charge in [-0.25, -0.2) is 0 Å². The number of likely N-dealkylation sites (tertiary alicyclic amines) is 1. The minimum absolute atomic E-state index is 0.0928. The monoisotopic (exact) mass is 422 g/mol. The first-order valence-electron chi connectivity index (χ1n) is 12.4. The van der Waals surface area contributed by atoms with Crippen LogP contribution in [0.25, 0.3) is 0 Å². The van der Waals surface area contributed by atoms with Crippen LogP contribution < -0.4 is 5.32 Å². The molecular weight excluding hydrogens is 384 g/mol. The molecule has 0 radical (unpaired) electrons. The van der Waals surface area contributed by atoms with Crippen molar-refractivity contribution in [3.8, 4) is 0 Å². The molecule has 5 rings (SSSR count). The van der Waals surface area contributed by atoms with Gasteiger partial charge in [0.2, 0.25) is 5.91 Å². The molecule has 4 heteroatoms. The molecule has 1 heterocycles. The number of piperidine rings is 1. The molecule has 3 saturated carbocycles. The second kappa shape index (κ2) is 7.35. The molecule has 1 aromatic rings. The molecule has 168 valence electrons. The van der Waals surface area contributed by atoms with Crippen molar-refractivity contribution in [2.45, 2.75) is 84.2 Å². The molecule has 0 bridgehead atoms. The summed E-state index contributed by atoms with van der Waals surface area (Å²) in [7, 11) is 2.03. The van der Waals surface area contributed by atoms with Crippen LogP contribution >= 0.6 is 0 Å². The number of hydrogen-bond acceptors (Lipinski definition) is 2. The van der Waals surface area contributed by atoms with Gasteiger partial charge in [0, 0.05) is 31.1 Å². The van der Waals surface area contributed by atoms with Crippen LogP contribution in [0.3, 0.4) is 0 Å². The van der Waals surface area contributed by atoms with Gasteiger partial charge in [0.15, 0.2) is 0 Å². The molecule has 7 atom stereocenters. The fourth-order valence-electron chi connectivity index (χ4n) is 8.45. The van der Waals surface area contributed by atoms with E-state index in [0.29, 0.717) is 30.2 Å². The van der Waals surface area contributed by atoms with E-state index in [0.717, 1.165) is 36.3 Å². The van der Waals surface area contributed by atoms with Crippen molar-refractivity contribution in [1.82, 2.24) is 10.2 Å². The average molecular weight is 423 g/mol. The number of aryl methyl sites for hydroxylation is 1. The number of nitrogens with zero attached hydrogens (tertiary/aromatic N) is 1. The minimum Gasteiger partial charge on any atom is -0.349 e. The third-order valence-corrected chi connectivity index (χ3v) is 10.3. The first kappa shape index (κ1) is 21.0. The molecule has 1 N–H and O–H groups in total. The number of fused-ring (bicyclic) bond motifs is 5. The Morgan fingerprint density at radius 1 is 1.00 bits per heavy atom. The quantitative estimate of drug-likeness (QED) is 0.732. The predicted octanol–water partition coefficient (Wildman–Crippen LogP) is 4.96. The van der Waals surface area contributed by atoms with Crippen LogP contribution in [-0.2, 0) is 4.79 Å². The molecule has 1 aromatic carbocycles. The van der Waals surface area contributed by atoms with Crippen molar-refractivity contribution in [1.29, 1.82) is 0 Å². The van der Waals surface area contributed by atoms with Crippen molar-refractivity contribution in [3.05, 3.63) is 35.4 Å². The molecule has 4 fully saturated rings. The molecule has 0 spiro atoms. The van der Waals surface area contributed by atoms with Gasteiger partial charge in [-0.1, -0.05) is 32.0 Å². The zero-order valence-electron chi connectivity index (χ0n) is 19.6. The van der Waals surface area contributed by atoms with E-state index < -0.39 is 0 Å². The van der Waals surface area contributed by atoms with Gasteiger partial charge in [0.1, 0.15) is 0 Å². The van der Waals surface area contributed by atoms with Crippen LogP contribution in [0, 0.1) is 35.5 Å². The normalized spacial score (nSPS) is 41.9. The van der Waals surface area contributed by atoms with Gasteiger partial charge in [-0.2, -0.15) is 0 Å². The maximum absolute atomic E-state index is 13.1. The van der Waals surface area contributed by atoms with E-state index in [1.807, 2.05) is 38.2 Å². The van der Waals surface area contributed by atoms with Crippen LogP contribution in [0.4, 0.5) is 0 Å². The summed E-state index contributed by atoms with van der Waals surface area (Å²) in [4.78, 5) is 27.5. The summed E-state index contributed by atoms with van der Waals surface area (Å²) in [6.45, 7) is 6.95. The summed E-state index contributed by atoms with van der Waals surface area (Å²) in [6.07, 6.45) is 8.91. The third kappa shape index (κ3) is 3.08. The average Bonchev–Trinajstić information content (AvgIpc) is 3.07. The van der Waals surface area contributed by atoms with Crippen LogP contribution in [0.2, 0.25) is 0 Å². The van der Waals surface area contributed by atoms with E-state index >= 15 is 0 Å². The zero-order chi connectivity index (χ0) is 22.0. The van der Waals surface area contributed by atoms with Gasteiger partial charge in [-0.05, 0) is 92.1 Å². The van der Waals surface area contributed by atoms with Crippen molar-refractivity contribution in [2.24, 2.45) is 28.6 Å². The van der Waals surface area contributed by atoms with Gasteiger partial charge >= 0.3 is 0 Å². The van der Waals surface area contributed by atoms with Gasteiger partial charge in [-0.15, -0.1) is 0 Å². The highest BCUT2D eigenvalue weighted by Crippen LogP contribution is 2.64. The first-order valence-corrected chi connectivity index (χ1v) is 12.4. The largest absolute Gasteiger partial charge is 0.349 e. The SMILES string of the molecule is Cc1ccccc1C(=O)NC1CC[C@H]2[C@@H]3CCC4N(C)C(=O)CC[C@]4(C)[C@@H]3CC[C@]12C. The Kier molecular flexibility index (Phi) is 4.99. The number of nitrogens with one attached hydrogen (secondary N) is 1. The highest BCUT2D eigenvalue weighted by atomic mass is 16.2. The lowest BCUT2D eigenvalue weighted by molar-refractivity contribution is -0.157. The zero-order valence-corrected chi connectivity index (χ0v) is 19.6. The predicted molar refractivity (Wildman–Crippen MR) is 123 cm³/mol. The summed E-state index contributed by atoms with van der Waals surface area (Å²) in [5.74, 6) is 2.57. The third-order valence-electron chi connectivity index (χ3n) is 10.3. The van der Waals surface area contributed by atoms with Crippen LogP contribution in [0.15, 0.2) is 24.3 Å². The Morgan fingerprint density at radius 3 is 2.52 bits per heavy atom. The van der Waals surface area contributed by atoms with Gasteiger partial charge in [-0.3, -0.25) is 9.59 Å².